The van der Waals surface area contributed by atoms with E-state index in [1.54, 1.807) is 10.6 Å². The van der Waals surface area contributed by atoms with Crippen LogP contribution in [0.15, 0.2) is 12.3 Å². The van der Waals surface area contributed by atoms with Gasteiger partial charge in [0, 0.05) is 19.7 Å². The summed E-state index contributed by atoms with van der Waals surface area (Å²) in [5.41, 5.74) is 0.816. The molecule has 1 aromatic rings. The first-order valence-electron chi connectivity index (χ1n) is 4.06. The zero-order valence-electron chi connectivity index (χ0n) is 7.42. The standard InChI is InChI=1S/C9H13N2O/c1-3-4-9(12)10-8-5-6-11(2)7-8/h5,7H,3-4H2,1-2H3,(H,10,12). The molecule has 1 aromatic heterocycles. The van der Waals surface area contributed by atoms with E-state index in [0.29, 0.717) is 6.42 Å². The van der Waals surface area contributed by atoms with Gasteiger partial charge in [0.05, 0.1) is 11.9 Å². The van der Waals surface area contributed by atoms with Crippen LogP contribution in [0, 0.1) is 6.20 Å². The molecule has 0 fully saturated rings. The molecule has 3 heteroatoms. The highest BCUT2D eigenvalue weighted by atomic mass is 16.1. The van der Waals surface area contributed by atoms with E-state index in [4.69, 9.17) is 0 Å². The Morgan fingerprint density at radius 1 is 1.75 bits per heavy atom. The SMILES string of the molecule is CCCC(=O)Nc1c[c]n(C)c1. The Labute approximate surface area is 72.4 Å². The number of anilines is 1. The van der Waals surface area contributed by atoms with Gasteiger partial charge in [-0.25, -0.2) is 0 Å². The van der Waals surface area contributed by atoms with Gasteiger partial charge >= 0.3 is 0 Å². The van der Waals surface area contributed by atoms with Crippen molar-refractivity contribution in [1.29, 1.82) is 0 Å². The van der Waals surface area contributed by atoms with Crippen LogP contribution in [0.25, 0.3) is 0 Å². The maximum absolute atomic E-state index is 11.1. The second-order valence-corrected chi connectivity index (χ2v) is 2.77. The highest BCUT2D eigenvalue weighted by molar-refractivity contribution is 5.90. The van der Waals surface area contributed by atoms with E-state index in [9.17, 15) is 4.79 Å². The van der Waals surface area contributed by atoms with Crippen LogP contribution < -0.4 is 5.32 Å². The molecule has 0 saturated heterocycles. The third-order valence-corrected chi connectivity index (χ3v) is 1.52. The monoisotopic (exact) mass is 165 g/mol. The van der Waals surface area contributed by atoms with Gasteiger partial charge in [-0.3, -0.25) is 4.79 Å². The topological polar surface area (TPSA) is 34.0 Å². The van der Waals surface area contributed by atoms with E-state index in [-0.39, 0.29) is 5.91 Å². The zero-order chi connectivity index (χ0) is 8.97. The number of amides is 1. The van der Waals surface area contributed by atoms with Crippen molar-refractivity contribution in [1.82, 2.24) is 4.57 Å². The molecule has 0 aliphatic carbocycles. The van der Waals surface area contributed by atoms with Crippen molar-refractivity contribution in [2.75, 3.05) is 5.32 Å². The predicted octanol–water partition coefficient (Wildman–Crippen LogP) is 1.56. The van der Waals surface area contributed by atoms with E-state index >= 15 is 0 Å². The number of hydrogen-bond donors (Lipinski definition) is 1. The number of nitrogens with zero attached hydrogens (tertiary/aromatic N) is 1. The van der Waals surface area contributed by atoms with Gasteiger partial charge in [0.2, 0.25) is 5.91 Å². The molecule has 1 radical (unpaired) electrons. The smallest absolute Gasteiger partial charge is 0.224 e. The van der Waals surface area contributed by atoms with Gasteiger partial charge in [-0.05, 0) is 12.5 Å². The van der Waals surface area contributed by atoms with Crippen LogP contribution in [-0.2, 0) is 11.8 Å². The lowest BCUT2D eigenvalue weighted by molar-refractivity contribution is -0.116. The fourth-order valence-corrected chi connectivity index (χ4v) is 0.973. The molecule has 0 aliphatic rings. The van der Waals surface area contributed by atoms with Crippen molar-refractivity contribution < 1.29 is 4.79 Å². The number of hydrogen-bond acceptors (Lipinski definition) is 1. The predicted molar refractivity (Wildman–Crippen MR) is 47.8 cm³/mol. The lowest BCUT2D eigenvalue weighted by Crippen LogP contribution is -2.09. The number of nitrogens with one attached hydrogen (secondary N) is 1. The Balaban J connectivity index is 2.46. The third kappa shape index (κ3) is 2.42. The molecule has 0 aromatic carbocycles. The van der Waals surface area contributed by atoms with Gasteiger partial charge in [0.25, 0.3) is 0 Å². The molecule has 0 atom stereocenters. The first-order valence-corrected chi connectivity index (χ1v) is 4.06. The first kappa shape index (κ1) is 8.84. The fraction of sp³-hybridized carbons (Fsp3) is 0.444. The minimum atomic E-state index is 0.0668. The largest absolute Gasteiger partial charge is 0.347 e. The van der Waals surface area contributed by atoms with Crippen LogP contribution in [0.1, 0.15) is 19.8 Å². The van der Waals surface area contributed by atoms with Gasteiger partial charge in [0.15, 0.2) is 0 Å². The summed E-state index contributed by atoms with van der Waals surface area (Å²) in [5.74, 6) is 0.0668. The maximum atomic E-state index is 11.1. The quantitative estimate of drug-likeness (QED) is 0.724. The van der Waals surface area contributed by atoms with E-state index in [1.807, 2.05) is 20.2 Å². The summed E-state index contributed by atoms with van der Waals surface area (Å²) in [7, 11) is 1.87. The lowest BCUT2D eigenvalue weighted by Gasteiger charge is -1.99. The normalized spacial score (nSPS) is 9.83. The summed E-state index contributed by atoms with van der Waals surface area (Å²) in [5, 5.41) is 2.77. The Kier molecular flexibility index (Phi) is 2.91. The number of carbonyl (C=O) groups excluding carboxylic acids is 1. The zero-order valence-corrected chi connectivity index (χ0v) is 7.42. The van der Waals surface area contributed by atoms with E-state index in [2.05, 4.69) is 11.5 Å². The van der Waals surface area contributed by atoms with Crippen LogP contribution in [-0.4, -0.2) is 10.5 Å². The van der Waals surface area contributed by atoms with Crippen LogP contribution >= 0.6 is 0 Å². The van der Waals surface area contributed by atoms with E-state index < -0.39 is 0 Å². The number of aromatic nitrogens is 1. The van der Waals surface area contributed by atoms with Gasteiger partial charge in [0.1, 0.15) is 0 Å². The van der Waals surface area contributed by atoms with Gasteiger partial charge < -0.3 is 9.88 Å². The average Bonchev–Trinajstić information content (AvgIpc) is 2.36. The van der Waals surface area contributed by atoms with Gasteiger partial charge in [-0.1, -0.05) is 6.92 Å². The molecule has 0 bridgehead atoms. The number of carbonyl (C=O) groups is 1. The molecule has 1 N–H and O–H groups in total. The second kappa shape index (κ2) is 3.95. The molecule has 12 heavy (non-hydrogen) atoms. The summed E-state index contributed by atoms with van der Waals surface area (Å²) >= 11 is 0. The van der Waals surface area contributed by atoms with Gasteiger partial charge in [-0.2, -0.15) is 0 Å². The van der Waals surface area contributed by atoms with Crippen molar-refractivity contribution in [2.45, 2.75) is 19.8 Å². The van der Waals surface area contributed by atoms with E-state index in [0.717, 1.165) is 12.1 Å². The Bertz CT molecular complexity index is 265. The molecule has 65 valence electrons. The van der Waals surface area contributed by atoms with Crippen LogP contribution in [0.2, 0.25) is 0 Å². The molecular formula is C9H13N2O. The molecule has 3 nitrogen and oxygen atoms in total. The first-order chi connectivity index (χ1) is 5.72. The minimum Gasteiger partial charge on any atom is -0.347 e. The van der Waals surface area contributed by atoms with Crippen molar-refractivity contribution in [3.8, 4) is 0 Å². The molecule has 1 heterocycles. The highest BCUT2D eigenvalue weighted by Gasteiger charge is 2.00. The summed E-state index contributed by atoms with van der Waals surface area (Å²) in [6.45, 7) is 1.98. The molecule has 1 rings (SSSR count). The number of aryl methyl sites for hydroxylation is 1. The van der Waals surface area contributed by atoms with Crippen LogP contribution in [0.3, 0.4) is 0 Å². The molecular weight excluding hydrogens is 152 g/mol. The van der Waals surface area contributed by atoms with Crippen LogP contribution in [0.5, 0.6) is 0 Å². The Morgan fingerprint density at radius 3 is 3.00 bits per heavy atom. The average molecular weight is 165 g/mol. The summed E-state index contributed by atoms with van der Waals surface area (Å²) in [6, 6.07) is 1.76. The minimum absolute atomic E-state index is 0.0668. The second-order valence-electron chi connectivity index (χ2n) is 2.77. The fourth-order valence-electron chi connectivity index (χ4n) is 0.973. The van der Waals surface area contributed by atoms with E-state index in [1.165, 1.54) is 0 Å². The Morgan fingerprint density at radius 2 is 2.50 bits per heavy atom. The third-order valence-electron chi connectivity index (χ3n) is 1.52. The Hall–Kier alpha value is -1.25. The molecule has 0 unspecified atom stereocenters. The van der Waals surface area contributed by atoms with Crippen LogP contribution in [0.4, 0.5) is 5.69 Å². The molecule has 1 amide bonds. The molecule has 0 spiro atoms. The molecule has 0 saturated carbocycles. The number of rotatable bonds is 3. The van der Waals surface area contributed by atoms with Crippen molar-refractivity contribution in [2.24, 2.45) is 7.05 Å². The van der Waals surface area contributed by atoms with Crippen molar-refractivity contribution in [3.05, 3.63) is 18.5 Å². The van der Waals surface area contributed by atoms with Crippen molar-refractivity contribution >= 4 is 11.6 Å². The molecule has 0 aliphatic heterocycles. The summed E-state index contributed by atoms with van der Waals surface area (Å²) in [6.07, 6.45) is 6.20. The van der Waals surface area contributed by atoms with Gasteiger partial charge in [-0.15, -0.1) is 0 Å². The van der Waals surface area contributed by atoms with Crippen molar-refractivity contribution in [3.63, 3.8) is 0 Å². The summed E-state index contributed by atoms with van der Waals surface area (Å²) < 4.78 is 1.78. The highest BCUT2D eigenvalue weighted by Crippen LogP contribution is 2.06. The maximum Gasteiger partial charge on any atom is 0.224 e. The summed E-state index contributed by atoms with van der Waals surface area (Å²) in [4.78, 5) is 11.1. The lowest BCUT2D eigenvalue weighted by atomic mass is 10.3.